The highest BCUT2D eigenvalue weighted by atomic mass is 79.9. The van der Waals surface area contributed by atoms with Gasteiger partial charge in [-0.05, 0) is 62.1 Å². The van der Waals surface area contributed by atoms with Crippen LogP contribution >= 0.6 is 15.9 Å². The Morgan fingerprint density at radius 2 is 1.93 bits per heavy atom. The number of hydrogen-bond acceptors (Lipinski definition) is 3. The molecule has 2 unspecified atom stereocenters. The second kappa shape index (κ2) is 7.71. The number of rotatable bonds is 4. The van der Waals surface area contributed by atoms with Gasteiger partial charge in [-0.25, -0.2) is 4.39 Å². The molecule has 2 aromatic rings. The first kappa shape index (κ1) is 19.8. The minimum atomic E-state index is -0.894. The zero-order valence-corrected chi connectivity index (χ0v) is 17.5. The first-order valence-electron chi connectivity index (χ1n) is 9.59. The van der Waals surface area contributed by atoms with Crippen molar-refractivity contribution in [2.75, 3.05) is 6.54 Å². The molecule has 0 radical (unpaired) electrons. The maximum Gasteiger partial charge on any atom is 0.262 e. The average Bonchev–Trinajstić information content (AvgIpc) is 3.23. The fourth-order valence-corrected chi connectivity index (χ4v) is 4.57. The van der Waals surface area contributed by atoms with E-state index in [0.29, 0.717) is 28.6 Å². The van der Waals surface area contributed by atoms with Gasteiger partial charge in [0.15, 0.2) is 0 Å². The van der Waals surface area contributed by atoms with E-state index in [2.05, 4.69) is 15.9 Å². The smallest absolute Gasteiger partial charge is 0.262 e. The number of carbonyl (C=O) groups excluding carboxylic acids is 3. The van der Waals surface area contributed by atoms with E-state index in [0.717, 1.165) is 23.3 Å². The Hall–Kier alpha value is -2.54. The van der Waals surface area contributed by atoms with Crippen molar-refractivity contribution in [1.29, 1.82) is 0 Å². The minimum Gasteiger partial charge on any atom is -0.338 e. The van der Waals surface area contributed by atoms with E-state index in [1.165, 1.54) is 12.1 Å². The molecular formula is C22H20BrFN2O3. The monoisotopic (exact) mass is 458 g/mol. The van der Waals surface area contributed by atoms with E-state index < -0.39 is 17.9 Å². The maximum atomic E-state index is 13.5. The number of fused-ring (bicyclic) bond motifs is 1. The molecule has 29 heavy (non-hydrogen) atoms. The van der Waals surface area contributed by atoms with Gasteiger partial charge >= 0.3 is 0 Å². The van der Waals surface area contributed by atoms with Crippen molar-refractivity contribution in [2.24, 2.45) is 0 Å². The van der Waals surface area contributed by atoms with E-state index in [1.54, 1.807) is 36.1 Å². The molecule has 0 bridgehead atoms. The van der Waals surface area contributed by atoms with Gasteiger partial charge in [0.2, 0.25) is 5.91 Å². The Morgan fingerprint density at radius 3 is 2.69 bits per heavy atom. The summed E-state index contributed by atoms with van der Waals surface area (Å²) in [5.41, 5.74) is 1.45. The molecule has 3 amide bonds. The first-order chi connectivity index (χ1) is 13.9. The quantitative estimate of drug-likeness (QED) is 0.654. The molecule has 0 saturated carbocycles. The number of halogens is 2. The first-order valence-corrected chi connectivity index (χ1v) is 10.4. The number of likely N-dealkylation sites (tertiary alicyclic amines) is 1. The lowest BCUT2D eigenvalue weighted by Gasteiger charge is -2.30. The van der Waals surface area contributed by atoms with Crippen LogP contribution in [0.4, 0.5) is 4.39 Å². The van der Waals surface area contributed by atoms with Crippen molar-refractivity contribution in [3.05, 3.63) is 69.4 Å². The van der Waals surface area contributed by atoms with Gasteiger partial charge in [0.1, 0.15) is 11.9 Å². The van der Waals surface area contributed by atoms with Crippen molar-refractivity contribution in [2.45, 2.75) is 38.3 Å². The normalized spacial score (nSPS) is 19.6. The molecule has 150 valence electrons. The second-order valence-corrected chi connectivity index (χ2v) is 8.42. The molecule has 0 N–H and O–H groups in total. The summed E-state index contributed by atoms with van der Waals surface area (Å²) in [7, 11) is 0. The van der Waals surface area contributed by atoms with Crippen LogP contribution in [-0.4, -0.2) is 46.1 Å². The summed E-state index contributed by atoms with van der Waals surface area (Å²) in [6.45, 7) is 2.16. The van der Waals surface area contributed by atoms with Crippen molar-refractivity contribution >= 4 is 33.7 Å². The van der Waals surface area contributed by atoms with Crippen molar-refractivity contribution in [3.63, 3.8) is 0 Å². The van der Waals surface area contributed by atoms with E-state index in [1.807, 2.05) is 6.07 Å². The van der Waals surface area contributed by atoms with E-state index in [4.69, 9.17) is 0 Å². The standard InChI is InChI=1S/C22H20BrFN2O3/c1-13(26-21(28)18-8-7-15(23)12-19(18)22(26)29)20(27)25-9-3-6-17(25)11-14-4-2-5-16(24)10-14/h2,4-5,7-8,10,12-13,17H,3,6,9,11H2,1H3. The highest BCUT2D eigenvalue weighted by Gasteiger charge is 2.43. The Kier molecular flexibility index (Phi) is 5.25. The summed E-state index contributed by atoms with van der Waals surface area (Å²) < 4.78 is 14.2. The van der Waals surface area contributed by atoms with Crippen molar-refractivity contribution < 1.29 is 18.8 Å². The minimum absolute atomic E-state index is 0.0731. The zero-order valence-electron chi connectivity index (χ0n) is 15.9. The molecule has 2 aliphatic rings. The predicted molar refractivity (Wildman–Crippen MR) is 109 cm³/mol. The number of benzene rings is 2. The lowest BCUT2D eigenvalue weighted by molar-refractivity contribution is -0.135. The average molecular weight is 459 g/mol. The molecule has 4 rings (SSSR count). The summed E-state index contributed by atoms with van der Waals surface area (Å²) in [6.07, 6.45) is 2.20. The van der Waals surface area contributed by atoms with Crippen LogP contribution in [0.3, 0.4) is 0 Å². The van der Waals surface area contributed by atoms with Gasteiger partial charge in [0.25, 0.3) is 11.8 Å². The number of hydrogen-bond donors (Lipinski definition) is 0. The molecule has 0 aliphatic carbocycles. The molecule has 0 aromatic heterocycles. The molecule has 2 heterocycles. The van der Waals surface area contributed by atoms with Crippen LogP contribution < -0.4 is 0 Å². The molecule has 2 aliphatic heterocycles. The Balaban J connectivity index is 1.53. The number of nitrogens with zero attached hydrogens (tertiary/aromatic N) is 2. The molecule has 0 spiro atoms. The molecule has 5 nitrogen and oxygen atoms in total. The third-order valence-corrected chi connectivity index (χ3v) is 6.14. The summed E-state index contributed by atoms with van der Waals surface area (Å²) in [5.74, 6) is -1.45. The fourth-order valence-electron chi connectivity index (χ4n) is 4.21. The van der Waals surface area contributed by atoms with Crippen LogP contribution in [0.15, 0.2) is 46.9 Å². The predicted octanol–water partition coefficient (Wildman–Crippen LogP) is 3.81. The lowest BCUT2D eigenvalue weighted by atomic mass is 10.0. The summed E-state index contributed by atoms with van der Waals surface area (Å²) in [4.78, 5) is 41.6. The van der Waals surface area contributed by atoms with Gasteiger partial charge in [0.05, 0.1) is 11.1 Å². The van der Waals surface area contributed by atoms with Crippen LogP contribution in [0.1, 0.15) is 46.0 Å². The third kappa shape index (κ3) is 3.59. The Bertz CT molecular complexity index is 1010. The third-order valence-electron chi connectivity index (χ3n) is 5.65. The van der Waals surface area contributed by atoms with E-state index >= 15 is 0 Å². The molecule has 2 atom stereocenters. The summed E-state index contributed by atoms with van der Waals surface area (Å²) in [6, 6.07) is 10.3. The van der Waals surface area contributed by atoms with E-state index in [-0.39, 0.29) is 17.8 Å². The molecule has 7 heteroatoms. The van der Waals surface area contributed by atoms with Gasteiger partial charge in [0, 0.05) is 17.1 Å². The Morgan fingerprint density at radius 1 is 1.17 bits per heavy atom. The summed E-state index contributed by atoms with van der Waals surface area (Å²) in [5, 5.41) is 0. The molecule has 2 aromatic carbocycles. The van der Waals surface area contributed by atoms with Gasteiger partial charge in [-0.3, -0.25) is 19.3 Å². The maximum absolute atomic E-state index is 13.5. The Labute approximate surface area is 176 Å². The van der Waals surface area contributed by atoms with Crippen molar-refractivity contribution in [1.82, 2.24) is 9.80 Å². The highest BCUT2D eigenvalue weighted by Crippen LogP contribution is 2.29. The van der Waals surface area contributed by atoms with Crippen LogP contribution in [0.2, 0.25) is 0 Å². The lowest BCUT2D eigenvalue weighted by Crippen LogP contribution is -2.51. The SMILES string of the molecule is CC(C(=O)N1CCCC1Cc1cccc(F)c1)N1C(=O)c2ccc(Br)cc2C1=O. The van der Waals surface area contributed by atoms with Crippen LogP contribution in [0, 0.1) is 5.82 Å². The van der Waals surface area contributed by atoms with Gasteiger partial charge in [-0.2, -0.15) is 0 Å². The summed E-state index contributed by atoms with van der Waals surface area (Å²) >= 11 is 3.31. The van der Waals surface area contributed by atoms with Crippen LogP contribution in [0.25, 0.3) is 0 Å². The highest BCUT2D eigenvalue weighted by molar-refractivity contribution is 9.10. The topological polar surface area (TPSA) is 57.7 Å². The molecule has 1 saturated heterocycles. The van der Waals surface area contributed by atoms with Crippen LogP contribution in [0.5, 0.6) is 0 Å². The number of imide groups is 1. The zero-order chi connectivity index (χ0) is 20.7. The second-order valence-electron chi connectivity index (χ2n) is 7.51. The number of amides is 3. The van der Waals surface area contributed by atoms with Gasteiger partial charge < -0.3 is 4.90 Å². The molecular weight excluding hydrogens is 439 g/mol. The number of carbonyl (C=O) groups is 3. The fraction of sp³-hybridized carbons (Fsp3) is 0.318. The van der Waals surface area contributed by atoms with E-state index in [9.17, 15) is 18.8 Å². The molecule has 1 fully saturated rings. The van der Waals surface area contributed by atoms with Crippen molar-refractivity contribution in [3.8, 4) is 0 Å². The van der Waals surface area contributed by atoms with Gasteiger partial charge in [-0.15, -0.1) is 0 Å². The van der Waals surface area contributed by atoms with Gasteiger partial charge in [-0.1, -0.05) is 28.1 Å². The van der Waals surface area contributed by atoms with Crippen LogP contribution in [-0.2, 0) is 11.2 Å². The largest absolute Gasteiger partial charge is 0.338 e.